The van der Waals surface area contributed by atoms with Gasteiger partial charge < -0.3 is 14.9 Å². The van der Waals surface area contributed by atoms with Crippen LogP contribution >= 0.6 is 22.9 Å². The first kappa shape index (κ1) is 16.4. The molecule has 0 radical (unpaired) electrons. The van der Waals surface area contributed by atoms with Crippen LogP contribution in [-0.2, 0) is 19.2 Å². The van der Waals surface area contributed by atoms with Crippen LogP contribution in [0.2, 0.25) is 0 Å². The fourth-order valence-corrected chi connectivity index (χ4v) is 1.86. The number of oxime groups is 1. The zero-order valence-corrected chi connectivity index (χ0v) is 12.6. The molecule has 1 aromatic heterocycles. The van der Waals surface area contributed by atoms with Crippen molar-refractivity contribution in [2.45, 2.75) is 13.3 Å². The molecule has 9 heteroatoms. The molecule has 0 fully saturated rings. The lowest BCUT2D eigenvalue weighted by Gasteiger charge is -2.01. The molecule has 0 aliphatic rings. The molecule has 7 nitrogen and oxygen atoms in total. The molecule has 0 aromatic carbocycles. The number of hydrogen-bond acceptors (Lipinski definition) is 7. The summed E-state index contributed by atoms with van der Waals surface area (Å²) in [5, 5.41) is 8.08. The van der Waals surface area contributed by atoms with Gasteiger partial charge in [-0.2, -0.15) is 0 Å². The molecule has 0 aliphatic carbocycles. The highest BCUT2D eigenvalue weighted by Crippen LogP contribution is 2.16. The van der Waals surface area contributed by atoms with Crippen molar-refractivity contribution in [1.82, 2.24) is 4.98 Å². The number of hydrogen-bond donors (Lipinski definition) is 1. The number of methoxy groups -OCH3 is 1. The van der Waals surface area contributed by atoms with Crippen molar-refractivity contribution >= 4 is 45.7 Å². The summed E-state index contributed by atoms with van der Waals surface area (Å²) in [6.45, 7) is 2.29. The maximum atomic E-state index is 11.6. The largest absolute Gasteiger partial charge is 0.464 e. The number of amides is 1. The predicted molar refractivity (Wildman–Crippen MR) is 76.3 cm³/mol. The number of aromatic nitrogens is 1. The molecule has 1 heterocycles. The summed E-state index contributed by atoms with van der Waals surface area (Å²) in [6, 6.07) is 0. The molecule has 1 N–H and O–H groups in total. The maximum absolute atomic E-state index is 11.6. The Labute approximate surface area is 124 Å². The summed E-state index contributed by atoms with van der Waals surface area (Å²) in [6.07, 6.45) is 0.756. The van der Waals surface area contributed by atoms with Gasteiger partial charge in [-0.3, -0.25) is 4.79 Å². The molecule has 0 aliphatic heterocycles. The van der Waals surface area contributed by atoms with E-state index >= 15 is 0 Å². The fraction of sp³-hybridized carbons (Fsp3) is 0.455. The van der Waals surface area contributed by atoms with Gasteiger partial charge in [-0.1, -0.05) is 12.1 Å². The summed E-state index contributed by atoms with van der Waals surface area (Å²) in [5.74, 6) is -1.22. The SMILES string of the molecule is CCCO/N=C(\C(=O)OC)c1csc(NC(=O)CCl)n1. The van der Waals surface area contributed by atoms with Crippen molar-refractivity contribution in [3.05, 3.63) is 11.1 Å². The van der Waals surface area contributed by atoms with Crippen LogP contribution in [0.3, 0.4) is 0 Å². The number of nitrogens with zero attached hydrogens (tertiary/aromatic N) is 2. The number of ether oxygens (including phenoxy) is 1. The lowest BCUT2D eigenvalue weighted by Crippen LogP contribution is -2.19. The summed E-state index contributed by atoms with van der Waals surface area (Å²) >= 11 is 6.52. The van der Waals surface area contributed by atoms with E-state index in [9.17, 15) is 9.59 Å². The number of nitrogens with one attached hydrogen (secondary N) is 1. The van der Waals surface area contributed by atoms with E-state index in [0.717, 1.165) is 17.8 Å². The molecule has 0 saturated carbocycles. The Hall–Kier alpha value is -1.67. The zero-order valence-electron chi connectivity index (χ0n) is 11.0. The summed E-state index contributed by atoms with van der Waals surface area (Å²) < 4.78 is 4.62. The smallest absolute Gasteiger partial charge is 0.362 e. The lowest BCUT2D eigenvalue weighted by molar-refractivity contribution is -0.132. The van der Waals surface area contributed by atoms with E-state index in [1.807, 2.05) is 6.92 Å². The van der Waals surface area contributed by atoms with E-state index in [1.165, 1.54) is 7.11 Å². The number of anilines is 1. The highest BCUT2D eigenvalue weighted by molar-refractivity contribution is 7.14. The number of thiazole rings is 1. The van der Waals surface area contributed by atoms with Gasteiger partial charge in [0.15, 0.2) is 5.13 Å². The Kier molecular flexibility index (Phi) is 6.96. The van der Waals surface area contributed by atoms with E-state index in [1.54, 1.807) is 5.38 Å². The number of halogens is 1. The Balaban J connectivity index is 2.88. The number of alkyl halides is 1. The Bertz CT molecular complexity index is 504. The van der Waals surface area contributed by atoms with Gasteiger partial charge in [0.25, 0.3) is 0 Å². The van der Waals surface area contributed by atoms with Crippen molar-refractivity contribution in [3.8, 4) is 0 Å². The molecular formula is C11H14ClN3O4S. The second-order valence-corrected chi connectivity index (χ2v) is 4.61. The highest BCUT2D eigenvalue weighted by Gasteiger charge is 2.19. The van der Waals surface area contributed by atoms with Crippen molar-refractivity contribution in [2.75, 3.05) is 24.9 Å². The van der Waals surface area contributed by atoms with Crippen molar-refractivity contribution in [1.29, 1.82) is 0 Å². The molecular weight excluding hydrogens is 306 g/mol. The summed E-state index contributed by atoms with van der Waals surface area (Å²) in [5.41, 5.74) is 0.214. The van der Waals surface area contributed by atoms with Crippen molar-refractivity contribution in [3.63, 3.8) is 0 Å². The predicted octanol–water partition coefficient (Wildman–Crippen LogP) is 1.62. The maximum Gasteiger partial charge on any atom is 0.362 e. The lowest BCUT2D eigenvalue weighted by atomic mass is 10.3. The van der Waals surface area contributed by atoms with Crippen LogP contribution in [-0.4, -0.2) is 42.2 Å². The van der Waals surface area contributed by atoms with Crippen LogP contribution in [0.4, 0.5) is 5.13 Å². The average molecular weight is 320 g/mol. The molecule has 0 atom stereocenters. The minimum Gasteiger partial charge on any atom is -0.464 e. The Morgan fingerprint density at radius 1 is 1.55 bits per heavy atom. The van der Waals surface area contributed by atoms with E-state index in [2.05, 4.69) is 20.2 Å². The Morgan fingerprint density at radius 2 is 2.30 bits per heavy atom. The molecule has 0 bridgehead atoms. The van der Waals surface area contributed by atoms with E-state index < -0.39 is 5.97 Å². The monoisotopic (exact) mass is 319 g/mol. The first-order valence-electron chi connectivity index (χ1n) is 5.72. The van der Waals surface area contributed by atoms with Crippen LogP contribution in [0.15, 0.2) is 10.5 Å². The van der Waals surface area contributed by atoms with Gasteiger partial charge in [0.05, 0.1) is 7.11 Å². The highest BCUT2D eigenvalue weighted by atomic mass is 35.5. The van der Waals surface area contributed by atoms with Gasteiger partial charge in [0, 0.05) is 5.38 Å². The molecule has 1 rings (SSSR count). The average Bonchev–Trinajstić information content (AvgIpc) is 2.90. The summed E-state index contributed by atoms with van der Waals surface area (Å²) in [4.78, 5) is 31.8. The first-order chi connectivity index (χ1) is 9.62. The topological polar surface area (TPSA) is 89.9 Å². The van der Waals surface area contributed by atoms with Gasteiger partial charge in [-0.15, -0.1) is 22.9 Å². The molecule has 0 unspecified atom stereocenters. The van der Waals surface area contributed by atoms with Gasteiger partial charge >= 0.3 is 5.97 Å². The third-order valence-corrected chi connectivity index (χ3v) is 2.94. The quantitative estimate of drug-likeness (QED) is 0.271. The third kappa shape index (κ3) is 4.78. The van der Waals surface area contributed by atoms with Crippen LogP contribution in [0.5, 0.6) is 0 Å². The van der Waals surface area contributed by atoms with E-state index in [-0.39, 0.29) is 23.2 Å². The van der Waals surface area contributed by atoms with Crippen LogP contribution in [0.25, 0.3) is 0 Å². The van der Waals surface area contributed by atoms with Gasteiger partial charge in [0.1, 0.15) is 18.2 Å². The Morgan fingerprint density at radius 3 is 2.90 bits per heavy atom. The first-order valence-corrected chi connectivity index (χ1v) is 7.13. The number of carbonyl (C=O) groups is 2. The standard InChI is InChI=1S/C11H14ClN3O4S/c1-3-4-19-15-9(10(17)18-2)7-6-20-11(13-7)14-8(16)5-12/h6H,3-5H2,1-2H3,(H,13,14,16)/b15-9-. The molecule has 1 aromatic rings. The van der Waals surface area contributed by atoms with Gasteiger partial charge in [0.2, 0.25) is 11.6 Å². The molecule has 110 valence electrons. The number of rotatable bonds is 7. The van der Waals surface area contributed by atoms with Crippen LogP contribution in [0.1, 0.15) is 19.0 Å². The van der Waals surface area contributed by atoms with Gasteiger partial charge in [-0.25, -0.2) is 9.78 Å². The van der Waals surface area contributed by atoms with E-state index in [0.29, 0.717) is 11.7 Å². The molecule has 0 spiro atoms. The van der Waals surface area contributed by atoms with Crippen LogP contribution < -0.4 is 5.32 Å². The van der Waals surface area contributed by atoms with Crippen LogP contribution in [0, 0.1) is 0 Å². The number of esters is 1. The zero-order chi connectivity index (χ0) is 15.0. The molecule has 20 heavy (non-hydrogen) atoms. The normalized spacial score (nSPS) is 11.1. The minimum atomic E-state index is -0.665. The second-order valence-electron chi connectivity index (χ2n) is 3.48. The molecule has 1 amide bonds. The van der Waals surface area contributed by atoms with E-state index in [4.69, 9.17) is 16.4 Å². The number of carbonyl (C=O) groups excluding carboxylic acids is 2. The minimum absolute atomic E-state index is 0.0522. The third-order valence-electron chi connectivity index (χ3n) is 1.94. The molecule has 0 saturated heterocycles. The van der Waals surface area contributed by atoms with Crippen molar-refractivity contribution < 1.29 is 19.2 Å². The van der Waals surface area contributed by atoms with Crippen molar-refractivity contribution in [2.24, 2.45) is 5.16 Å². The fourth-order valence-electron chi connectivity index (χ4n) is 1.08. The summed E-state index contributed by atoms with van der Waals surface area (Å²) in [7, 11) is 1.24. The van der Waals surface area contributed by atoms with Gasteiger partial charge in [-0.05, 0) is 6.42 Å². The second kappa shape index (κ2) is 8.49.